The number of rotatable bonds is 8. The van der Waals surface area contributed by atoms with Gasteiger partial charge >= 0.3 is 0 Å². The van der Waals surface area contributed by atoms with Crippen LogP contribution >= 0.6 is 11.8 Å². The van der Waals surface area contributed by atoms with Gasteiger partial charge in [-0.2, -0.15) is 0 Å². The maximum atomic E-state index is 12.7. The molecule has 180 valence electrons. The number of likely N-dealkylation sites (tertiary alicyclic amines) is 1. The fourth-order valence-corrected chi connectivity index (χ4v) is 5.21. The van der Waals surface area contributed by atoms with Crippen molar-refractivity contribution >= 4 is 17.7 Å². The molecular formula is C24H28N4O5S. The summed E-state index contributed by atoms with van der Waals surface area (Å²) in [5.41, 5.74) is 0.911. The minimum absolute atomic E-state index is 0.182. The first-order valence-electron chi connectivity index (χ1n) is 11.5. The quantitative estimate of drug-likeness (QED) is 0.352. The lowest BCUT2D eigenvalue weighted by atomic mass is 10.0. The maximum Gasteiger partial charge on any atom is 0.222 e. The second kappa shape index (κ2) is 10.2. The Kier molecular flexibility index (Phi) is 6.89. The average molecular weight is 485 g/mol. The molecule has 34 heavy (non-hydrogen) atoms. The van der Waals surface area contributed by atoms with Crippen LogP contribution in [-0.2, 0) is 14.3 Å². The summed E-state index contributed by atoms with van der Waals surface area (Å²) in [4.78, 5) is 14.6. The molecule has 4 heterocycles. The zero-order valence-electron chi connectivity index (χ0n) is 19.1. The van der Waals surface area contributed by atoms with Gasteiger partial charge in [-0.1, -0.05) is 11.8 Å². The first-order chi connectivity index (χ1) is 16.7. The molecule has 0 N–H and O–H groups in total. The van der Waals surface area contributed by atoms with Gasteiger partial charge in [0.15, 0.2) is 16.7 Å². The molecule has 0 radical (unpaired) electrons. The first-order valence-corrected chi connectivity index (χ1v) is 12.5. The fourth-order valence-electron chi connectivity index (χ4n) is 4.32. The molecule has 3 aromatic rings. The van der Waals surface area contributed by atoms with E-state index in [1.54, 1.807) is 25.1 Å². The highest BCUT2D eigenvalue weighted by Gasteiger charge is 2.40. The van der Waals surface area contributed by atoms with Crippen LogP contribution in [0.3, 0.4) is 0 Å². The Morgan fingerprint density at radius 1 is 1.12 bits per heavy atom. The molecule has 2 aliphatic rings. The molecule has 0 unspecified atom stereocenters. The molecule has 2 saturated heterocycles. The van der Waals surface area contributed by atoms with Crippen LogP contribution in [-0.4, -0.2) is 70.5 Å². The number of thioether (sulfide) groups is 1. The lowest BCUT2D eigenvalue weighted by Crippen LogP contribution is -2.47. The zero-order chi connectivity index (χ0) is 23.4. The van der Waals surface area contributed by atoms with Gasteiger partial charge in [0.05, 0.1) is 32.3 Å². The van der Waals surface area contributed by atoms with Crippen molar-refractivity contribution in [3.05, 3.63) is 42.7 Å². The number of furan rings is 1. The lowest BCUT2D eigenvalue weighted by molar-refractivity contribution is -0.187. The highest BCUT2D eigenvalue weighted by atomic mass is 32.2. The van der Waals surface area contributed by atoms with E-state index in [4.69, 9.17) is 18.6 Å². The maximum absolute atomic E-state index is 12.7. The highest BCUT2D eigenvalue weighted by Crippen LogP contribution is 2.32. The van der Waals surface area contributed by atoms with Crippen molar-refractivity contribution in [1.29, 1.82) is 0 Å². The van der Waals surface area contributed by atoms with E-state index in [0.717, 1.165) is 41.6 Å². The van der Waals surface area contributed by atoms with E-state index in [1.807, 2.05) is 45.9 Å². The van der Waals surface area contributed by atoms with E-state index >= 15 is 0 Å². The molecular weight excluding hydrogens is 456 g/mol. The number of benzene rings is 1. The Morgan fingerprint density at radius 3 is 2.56 bits per heavy atom. The molecule has 2 fully saturated rings. The zero-order valence-corrected chi connectivity index (χ0v) is 20.0. The van der Waals surface area contributed by atoms with Crippen molar-refractivity contribution in [2.45, 2.75) is 36.6 Å². The Hall–Kier alpha value is -2.82. The van der Waals surface area contributed by atoms with Gasteiger partial charge < -0.3 is 23.5 Å². The van der Waals surface area contributed by atoms with Crippen molar-refractivity contribution in [2.75, 3.05) is 39.2 Å². The SMILES string of the molecule is COc1ccc(-n2c(SCCCC(=O)N3CCC4(CC3)OCCO4)nnc2-c2ccco2)cc1. The summed E-state index contributed by atoms with van der Waals surface area (Å²) >= 11 is 1.58. The van der Waals surface area contributed by atoms with Crippen LogP contribution in [0.2, 0.25) is 0 Å². The van der Waals surface area contributed by atoms with Crippen molar-refractivity contribution in [1.82, 2.24) is 19.7 Å². The van der Waals surface area contributed by atoms with Gasteiger partial charge in [0.1, 0.15) is 5.75 Å². The molecule has 5 rings (SSSR count). The smallest absolute Gasteiger partial charge is 0.222 e. The largest absolute Gasteiger partial charge is 0.497 e. The summed E-state index contributed by atoms with van der Waals surface area (Å²) in [5, 5.41) is 9.52. The Bertz CT molecular complexity index is 1080. The summed E-state index contributed by atoms with van der Waals surface area (Å²) in [7, 11) is 1.64. The first kappa shape index (κ1) is 22.9. The van der Waals surface area contributed by atoms with Crippen molar-refractivity contribution in [3.63, 3.8) is 0 Å². The minimum Gasteiger partial charge on any atom is -0.497 e. The Morgan fingerprint density at radius 2 is 1.88 bits per heavy atom. The summed E-state index contributed by atoms with van der Waals surface area (Å²) in [5.74, 6) is 2.53. The van der Waals surface area contributed by atoms with E-state index in [0.29, 0.717) is 44.3 Å². The third-order valence-electron chi connectivity index (χ3n) is 6.16. The normalized spacial score (nSPS) is 17.4. The monoisotopic (exact) mass is 484 g/mol. The second-order valence-electron chi connectivity index (χ2n) is 8.26. The molecule has 2 aromatic heterocycles. The predicted molar refractivity (Wildman–Crippen MR) is 126 cm³/mol. The summed E-state index contributed by atoms with van der Waals surface area (Å²) in [6.45, 7) is 2.66. The minimum atomic E-state index is -0.455. The van der Waals surface area contributed by atoms with Crippen LogP contribution in [0, 0.1) is 0 Å². The number of hydrogen-bond acceptors (Lipinski definition) is 8. The van der Waals surface area contributed by atoms with Gasteiger partial charge in [0, 0.05) is 38.1 Å². The van der Waals surface area contributed by atoms with E-state index in [2.05, 4.69) is 10.2 Å². The van der Waals surface area contributed by atoms with Crippen molar-refractivity contribution in [2.24, 2.45) is 0 Å². The number of aromatic nitrogens is 3. The molecule has 1 amide bonds. The second-order valence-corrected chi connectivity index (χ2v) is 9.32. The molecule has 0 bridgehead atoms. The summed E-state index contributed by atoms with van der Waals surface area (Å²) in [6, 6.07) is 11.4. The van der Waals surface area contributed by atoms with Gasteiger partial charge in [-0.05, 0) is 42.8 Å². The van der Waals surface area contributed by atoms with E-state index in [9.17, 15) is 4.79 Å². The summed E-state index contributed by atoms with van der Waals surface area (Å²) < 4.78 is 24.3. The van der Waals surface area contributed by atoms with E-state index in [1.165, 1.54) is 0 Å². The number of carbonyl (C=O) groups is 1. The molecule has 0 atom stereocenters. The van der Waals surface area contributed by atoms with Crippen LogP contribution in [0.5, 0.6) is 5.75 Å². The van der Waals surface area contributed by atoms with Gasteiger partial charge in [-0.15, -0.1) is 10.2 Å². The standard InChI is InChI=1S/C24H28N4O5S/c1-30-19-8-6-18(7-9-19)28-22(20-4-2-14-31-20)25-26-23(28)34-17-3-5-21(29)27-12-10-24(11-13-27)32-15-16-33-24/h2,4,6-9,14H,3,5,10-13,15-17H2,1H3. The number of ether oxygens (including phenoxy) is 3. The van der Waals surface area contributed by atoms with Gasteiger partial charge in [-0.3, -0.25) is 9.36 Å². The van der Waals surface area contributed by atoms with Crippen LogP contribution < -0.4 is 4.74 Å². The van der Waals surface area contributed by atoms with Crippen LogP contribution in [0.25, 0.3) is 17.3 Å². The number of nitrogens with zero attached hydrogens (tertiary/aromatic N) is 4. The molecule has 0 aliphatic carbocycles. The Labute approximate surface area is 202 Å². The predicted octanol–water partition coefficient (Wildman–Crippen LogP) is 3.77. The molecule has 9 nitrogen and oxygen atoms in total. The number of amides is 1. The van der Waals surface area contributed by atoms with Crippen LogP contribution in [0.1, 0.15) is 25.7 Å². The summed E-state index contributed by atoms with van der Waals surface area (Å²) in [6.07, 6.45) is 4.36. The highest BCUT2D eigenvalue weighted by molar-refractivity contribution is 7.99. The third kappa shape index (κ3) is 4.84. The van der Waals surface area contributed by atoms with Gasteiger partial charge in [0.25, 0.3) is 0 Å². The van der Waals surface area contributed by atoms with Crippen LogP contribution in [0.15, 0.2) is 52.2 Å². The van der Waals surface area contributed by atoms with E-state index in [-0.39, 0.29) is 5.91 Å². The molecule has 0 saturated carbocycles. The number of methoxy groups -OCH3 is 1. The van der Waals surface area contributed by atoms with Crippen molar-refractivity contribution in [3.8, 4) is 23.0 Å². The molecule has 1 aromatic carbocycles. The number of carbonyl (C=O) groups excluding carboxylic acids is 1. The lowest BCUT2D eigenvalue weighted by Gasteiger charge is -2.37. The average Bonchev–Trinajstić information content (AvgIpc) is 3.64. The molecule has 2 aliphatic heterocycles. The van der Waals surface area contributed by atoms with Crippen molar-refractivity contribution < 1.29 is 23.4 Å². The third-order valence-corrected chi connectivity index (χ3v) is 7.18. The van der Waals surface area contributed by atoms with E-state index < -0.39 is 5.79 Å². The molecule has 1 spiro atoms. The Balaban J connectivity index is 1.19. The van der Waals surface area contributed by atoms with Gasteiger partial charge in [-0.25, -0.2) is 0 Å². The molecule has 10 heteroatoms. The topological polar surface area (TPSA) is 91.9 Å². The number of hydrogen-bond donors (Lipinski definition) is 0. The van der Waals surface area contributed by atoms with Crippen LogP contribution in [0.4, 0.5) is 0 Å². The fraction of sp³-hybridized carbons (Fsp3) is 0.458. The van der Waals surface area contributed by atoms with Gasteiger partial charge in [0.2, 0.25) is 11.7 Å². The number of piperidine rings is 1.